The van der Waals surface area contributed by atoms with E-state index in [0.717, 1.165) is 23.5 Å². The molecule has 10 heteroatoms. The molecule has 0 bridgehead atoms. The molecule has 0 aliphatic heterocycles. The van der Waals surface area contributed by atoms with Crippen LogP contribution >= 0.6 is 11.6 Å². The Morgan fingerprint density at radius 2 is 1.78 bits per heavy atom. The number of nitrogens with zero attached hydrogens (tertiary/aromatic N) is 3. The van der Waals surface area contributed by atoms with Crippen LogP contribution in [0.1, 0.15) is 47.4 Å². The summed E-state index contributed by atoms with van der Waals surface area (Å²) in [6, 6.07) is 3.51. The number of carbonyl (C=O) groups is 2. The van der Waals surface area contributed by atoms with Gasteiger partial charge in [0.2, 0.25) is 5.91 Å². The number of halogens is 3. The van der Waals surface area contributed by atoms with Gasteiger partial charge in [-0.05, 0) is 51.7 Å². The zero-order valence-corrected chi connectivity index (χ0v) is 18.3. The third kappa shape index (κ3) is 4.43. The smallest absolute Gasteiger partial charge is 0.256 e. The van der Waals surface area contributed by atoms with E-state index >= 15 is 0 Å². The van der Waals surface area contributed by atoms with Crippen LogP contribution in [-0.2, 0) is 4.79 Å². The molecule has 0 unspecified atom stereocenters. The van der Waals surface area contributed by atoms with E-state index in [4.69, 9.17) is 11.6 Å². The van der Waals surface area contributed by atoms with Gasteiger partial charge < -0.3 is 10.6 Å². The molecule has 0 radical (unpaired) electrons. The normalized spacial score (nSPS) is 18.5. The largest absolute Gasteiger partial charge is 0.349 e. The van der Waals surface area contributed by atoms with Crippen molar-refractivity contribution in [3.63, 3.8) is 0 Å². The molecule has 168 valence electrons. The Hall–Kier alpha value is -3.07. The van der Waals surface area contributed by atoms with Crippen LogP contribution < -0.4 is 10.6 Å². The monoisotopic (exact) mass is 461 g/mol. The summed E-state index contributed by atoms with van der Waals surface area (Å²) in [5, 5.41) is 9.76. The van der Waals surface area contributed by atoms with Crippen molar-refractivity contribution in [2.45, 2.75) is 45.6 Å². The van der Waals surface area contributed by atoms with Crippen LogP contribution in [0.25, 0.3) is 5.65 Å². The fourth-order valence-electron chi connectivity index (χ4n) is 4.05. The first-order chi connectivity index (χ1) is 15.2. The van der Waals surface area contributed by atoms with Crippen molar-refractivity contribution in [1.82, 2.24) is 19.9 Å². The number of aryl methyl sites for hydroxylation is 2. The lowest BCUT2D eigenvalue weighted by Gasteiger charge is -2.28. The van der Waals surface area contributed by atoms with Crippen molar-refractivity contribution in [3.05, 3.63) is 58.0 Å². The fraction of sp³-hybridized carbons (Fsp3) is 0.364. The maximum atomic E-state index is 13.4. The topological polar surface area (TPSA) is 88.4 Å². The molecular weight excluding hydrogens is 440 g/mol. The van der Waals surface area contributed by atoms with Crippen LogP contribution in [0.3, 0.4) is 0 Å². The zero-order valence-electron chi connectivity index (χ0n) is 17.6. The summed E-state index contributed by atoms with van der Waals surface area (Å²) < 4.78 is 28.3. The second-order valence-corrected chi connectivity index (χ2v) is 8.50. The fourth-order valence-corrected chi connectivity index (χ4v) is 4.24. The van der Waals surface area contributed by atoms with Crippen molar-refractivity contribution < 1.29 is 18.4 Å². The molecule has 4 rings (SSSR count). The molecule has 1 saturated carbocycles. The molecule has 2 aromatic heterocycles. The lowest BCUT2D eigenvalue weighted by molar-refractivity contribution is -0.120. The number of fused-ring (bicyclic) bond motifs is 1. The van der Waals surface area contributed by atoms with Gasteiger partial charge in [-0.1, -0.05) is 11.6 Å². The van der Waals surface area contributed by atoms with Gasteiger partial charge in [-0.3, -0.25) is 9.59 Å². The first-order valence-corrected chi connectivity index (χ1v) is 10.7. The number of rotatable bonds is 4. The van der Waals surface area contributed by atoms with E-state index in [0.29, 0.717) is 36.9 Å². The predicted molar refractivity (Wildman–Crippen MR) is 116 cm³/mol. The Morgan fingerprint density at radius 1 is 1.09 bits per heavy atom. The summed E-state index contributed by atoms with van der Waals surface area (Å²) in [6.45, 7) is 3.76. The van der Waals surface area contributed by atoms with E-state index in [2.05, 4.69) is 20.7 Å². The predicted octanol–water partition coefficient (Wildman–Crippen LogP) is 4.21. The molecule has 0 saturated heterocycles. The van der Waals surface area contributed by atoms with Gasteiger partial charge in [0.05, 0.1) is 16.9 Å². The van der Waals surface area contributed by atoms with Crippen molar-refractivity contribution in [2.24, 2.45) is 5.92 Å². The van der Waals surface area contributed by atoms with Crippen LogP contribution in [0.4, 0.5) is 14.5 Å². The maximum Gasteiger partial charge on any atom is 0.256 e. The van der Waals surface area contributed by atoms with Crippen molar-refractivity contribution in [1.29, 1.82) is 0 Å². The molecule has 7 nitrogen and oxygen atoms in total. The lowest BCUT2D eigenvalue weighted by Crippen LogP contribution is -2.39. The van der Waals surface area contributed by atoms with Gasteiger partial charge >= 0.3 is 0 Å². The standard InChI is InChI=1S/C22H22ClF2N5O2/c1-11-7-12(2)30-20(27-11)15(10-26-30)22(32)28-14-5-3-13(4-6-14)21(31)29-19-9-18(25)17(24)8-16(19)23/h7-10,13-14H,3-6H2,1-2H3,(H,28,32)(H,29,31)/t13-,14-. The van der Waals surface area contributed by atoms with Crippen LogP contribution in [-0.4, -0.2) is 32.5 Å². The first-order valence-electron chi connectivity index (χ1n) is 10.3. The van der Waals surface area contributed by atoms with Gasteiger partial charge in [-0.2, -0.15) is 5.10 Å². The molecule has 3 aromatic rings. The Kier molecular flexibility index (Phi) is 6.10. The minimum Gasteiger partial charge on any atom is -0.349 e. The van der Waals surface area contributed by atoms with E-state index in [-0.39, 0.29) is 34.5 Å². The first kappa shape index (κ1) is 22.1. The number of benzene rings is 1. The van der Waals surface area contributed by atoms with E-state index < -0.39 is 11.6 Å². The maximum absolute atomic E-state index is 13.4. The molecule has 32 heavy (non-hydrogen) atoms. The van der Waals surface area contributed by atoms with E-state index in [1.807, 2.05) is 19.9 Å². The van der Waals surface area contributed by atoms with E-state index in [1.165, 1.54) is 6.20 Å². The molecule has 2 amide bonds. The number of hydrogen-bond acceptors (Lipinski definition) is 4. The second-order valence-electron chi connectivity index (χ2n) is 8.09. The molecule has 0 atom stereocenters. The Bertz CT molecular complexity index is 1200. The molecular formula is C22H22ClF2N5O2. The number of amides is 2. The number of nitrogens with one attached hydrogen (secondary N) is 2. The van der Waals surface area contributed by atoms with Crippen molar-refractivity contribution >= 4 is 34.7 Å². The van der Waals surface area contributed by atoms with Crippen LogP contribution in [0.15, 0.2) is 24.4 Å². The Morgan fingerprint density at radius 3 is 2.50 bits per heavy atom. The molecule has 2 N–H and O–H groups in total. The third-order valence-corrected chi connectivity index (χ3v) is 6.04. The quantitative estimate of drug-likeness (QED) is 0.570. The number of carbonyl (C=O) groups excluding carboxylic acids is 2. The van der Waals surface area contributed by atoms with Gasteiger partial charge in [0.1, 0.15) is 5.56 Å². The minimum absolute atomic E-state index is 0.0390. The summed E-state index contributed by atoms with van der Waals surface area (Å²) in [5.41, 5.74) is 2.65. The number of hydrogen-bond donors (Lipinski definition) is 2. The highest BCUT2D eigenvalue weighted by atomic mass is 35.5. The van der Waals surface area contributed by atoms with Crippen LogP contribution in [0.2, 0.25) is 5.02 Å². The highest BCUT2D eigenvalue weighted by molar-refractivity contribution is 6.33. The van der Waals surface area contributed by atoms with Crippen LogP contribution in [0.5, 0.6) is 0 Å². The molecule has 0 spiro atoms. The third-order valence-electron chi connectivity index (χ3n) is 5.72. The molecule has 1 aromatic carbocycles. The number of aromatic nitrogens is 3. The minimum atomic E-state index is -1.08. The molecule has 1 aliphatic rings. The van der Waals surface area contributed by atoms with Gasteiger partial charge in [-0.25, -0.2) is 18.3 Å². The number of anilines is 1. The highest BCUT2D eigenvalue weighted by Gasteiger charge is 2.28. The Labute approximate surface area is 188 Å². The van der Waals surface area contributed by atoms with Gasteiger partial charge in [0, 0.05) is 29.4 Å². The average Bonchev–Trinajstić information content (AvgIpc) is 3.16. The van der Waals surface area contributed by atoms with Crippen LogP contribution in [0, 0.1) is 31.4 Å². The summed E-state index contributed by atoms with van der Waals surface area (Å²) in [4.78, 5) is 29.8. The second kappa shape index (κ2) is 8.82. The Balaban J connectivity index is 1.35. The van der Waals surface area contributed by atoms with Gasteiger partial charge in [0.25, 0.3) is 5.91 Å². The lowest BCUT2D eigenvalue weighted by atomic mass is 9.85. The summed E-state index contributed by atoms with van der Waals surface area (Å²) >= 11 is 5.89. The van der Waals surface area contributed by atoms with Gasteiger partial charge in [-0.15, -0.1) is 0 Å². The molecule has 2 heterocycles. The van der Waals surface area contributed by atoms with Crippen molar-refractivity contribution in [2.75, 3.05) is 5.32 Å². The summed E-state index contributed by atoms with van der Waals surface area (Å²) in [5.74, 6) is -3.02. The molecule has 1 fully saturated rings. The van der Waals surface area contributed by atoms with E-state index in [9.17, 15) is 18.4 Å². The SMILES string of the molecule is Cc1cc(C)n2ncc(C(=O)N[C@H]3CC[C@H](C(=O)Nc4cc(F)c(F)cc4Cl)CC3)c2n1. The average molecular weight is 462 g/mol. The highest BCUT2D eigenvalue weighted by Crippen LogP contribution is 2.29. The zero-order chi connectivity index (χ0) is 23.0. The molecule has 1 aliphatic carbocycles. The summed E-state index contributed by atoms with van der Waals surface area (Å²) in [6.07, 6.45) is 3.82. The van der Waals surface area contributed by atoms with E-state index in [1.54, 1.807) is 4.52 Å². The van der Waals surface area contributed by atoms with Crippen molar-refractivity contribution in [3.8, 4) is 0 Å². The van der Waals surface area contributed by atoms with Gasteiger partial charge in [0.15, 0.2) is 17.3 Å². The summed E-state index contributed by atoms with van der Waals surface area (Å²) in [7, 11) is 0.